The number of carbonyl (C=O) groups is 3. The lowest BCUT2D eigenvalue weighted by atomic mass is 10.1. The smallest absolute Gasteiger partial charge is 0.323 e. The topological polar surface area (TPSA) is 104 Å². The number of hydroxylamine groups is 1. The molecular formula is C19H16ClF4N5O4. The maximum atomic E-state index is 13.9. The average Bonchev–Trinajstić information content (AvgIpc) is 2.78. The number of urea groups is 1. The molecule has 2 heterocycles. The standard InChI is InChI=1S/C19H16ClF4N5O4/c20-11-1-4-15(26-10-11)29(33-17(31)19(22,23)24)16(30)13-9-12(21)2-3-14(13)27-18(32)28-7-5-25-6-8-28/h1-4,9-10,25H,5-8H2,(H,27,32). The molecule has 0 spiro atoms. The fourth-order valence-electron chi connectivity index (χ4n) is 2.79. The molecule has 0 bridgehead atoms. The molecule has 1 saturated heterocycles. The first-order valence-corrected chi connectivity index (χ1v) is 9.75. The molecule has 0 radical (unpaired) electrons. The first kappa shape index (κ1) is 24.2. The van der Waals surface area contributed by atoms with Gasteiger partial charge in [-0.05, 0) is 30.3 Å². The number of benzene rings is 1. The van der Waals surface area contributed by atoms with Gasteiger partial charge < -0.3 is 20.4 Å². The quantitative estimate of drug-likeness (QED) is 0.507. The van der Waals surface area contributed by atoms with Crippen LogP contribution in [0.3, 0.4) is 0 Å². The number of nitrogens with zero attached hydrogens (tertiary/aromatic N) is 3. The molecule has 2 aromatic rings. The minimum atomic E-state index is -5.44. The summed E-state index contributed by atoms with van der Waals surface area (Å²) in [5.74, 6) is -5.57. The van der Waals surface area contributed by atoms with Crippen LogP contribution in [-0.4, -0.2) is 60.1 Å². The third-order valence-corrected chi connectivity index (χ3v) is 4.59. The van der Waals surface area contributed by atoms with Crippen molar-refractivity contribution < 1.29 is 36.8 Å². The number of carbonyl (C=O) groups excluding carboxylic acids is 3. The van der Waals surface area contributed by atoms with E-state index in [0.29, 0.717) is 32.2 Å². The molecule has 2 N–H and O–H groups in total. The van der Waals surface area contributed by atoms with Crippen molar-refractivity contribution in [3.63, 3.8) is 0 Å². The van der Waals surface area contributed by atoms with Gasteiger partial charge in [-0.2, -0.15) is 13.2 Å². The summed E-state index contributed by atoms with van der Waals surface area (Å²) in [6.45, 7) is 1.79. The van der Waals surface area contributed by atoms with Gasteiger partial charge in [0.2, 0.25) is 0 Å². The Kier molecular flexibility index (Phi) is 7.33. The van der Waals surface area contributed by atoms with Crippen molar-refractivity contribution in [2.24, 2.45) is 0 Å². The summed E-state index contributed by atoms with van der Waals surface area (Å²) in [6, 6.07) is 4.27. The number of nitrogens with one attached hydrogen (secondary N) is 2. The Labute approximate surface area is 189 Å². The molecule has 33 heavy (non-hydrogen) atoms. The summed E-state index contributed by atoms with van der Waals surface area (Å²) in [6.07, 6.45) is -4.44. The van der Waals surface area contributed by atoms with Gasteiger partial charge in [-0.1, -0.05) is 11.6 Å². The number of hydrogen-bond donors (Lipinski definition) is 2. The predicted molar refractivity (Wildman–Crippen MR) is 108 cm³/mol. The number of amides is 3. The molecule has 3 rings (SSSR count). The van der Waals surface area contributed by atoms with E-state index in [1.807, 2.05) is 0 Å². The number of hydrogen-bond acceptors (Lipinski definition) is 6. The molecule has 3 amide bonds. The molecule has 0 unspecified atom stereocenters. The van der Waals surface area contributed by atoms with E-state index < -0.39 is 41.3 Å². The normalized spacial score (nSPS) is 13.9. The van der Waals surface area contributed by atoms with Crippen LogP contribution >= 0.6 is 11.6 Å². The Hall–Kier alpha value is -3.45. The summed E-state index contributed by atoms with van der Waals surface area (Å²) in [7, 11) is 0. The minimum absolute atomic E-state index is 0.0542. The second-order valence-electron chi connectivity index (χ2n) is 6.67. The van der Waals surface area contributed by atoms with Gasteiger partial charge >= 0.3 is 18.2 Å². The van der Waals surface area contributed by atoms with Crippen molar-refractivity contribution in [1.82, 2.24) is 15.2 Å². The summed E-state index contributed by atoms with van der Waals surface area (Å²) in [4.78, 5) is 46.4. The lowest BCUT2D eigenvalue weighted by Crippen LogP contribution is -2.48. The van der Waals surface area contributed by atoms with Crippen LogP contribution in [0.15, 0.2) is 36.5 Å². The van der Waals surface area contributed by atoms with E-state index in [1.165, 1.54) is 11.0 Å². The van der Waals surface area contributed by atoms with Gasteiger partial charge in [-0.15, -0.1) is 5.06 Å². The molecule has 14 heteroatoms. The molecule has 1 aromatic carbocycles. The largest absolute Gasteiger partial charge is 0.493 e. The fourth-order valence-corrected chi connectivity index (χ4v) is 2.90. The van der Waals surface area contributed by atoms with Gasteiger partial charge in [-0.3, -0.25) is 4.79 Å². The van der Waals surface area contributed by atoms with Crippen molar-refractivity contribution >= 4 is 41.0 Å². The number of anilines is 2. The Morgan fingerprint density at radius 3 is 2.45 bits per heavy atom. The zero-order valence-electron chi connectivity index (χ0n) is 16.7. The molecule has 1 aliphatic heterocycles. The van der Waals surface area contributed by atoms with E-state index >= 15 is 0 Å². The number of pyridine rings is 1. The highest BCUT2D eigenvalue weighted by Gasteiger charge is 2.44. The maximum absolute atomic E-state index is 13.9. The highest BCUT2D eigenvalue weighted by molar-refractivity contribution is 6.30. The Bertz CT molecular complexity index is 1050. The second-order valence-corrected chi connectivity index (χ2v) is 7.10. The van der Waals surface area contributed by atoms with E-state index in [4.69, 9.17) is 11.6 Å². The van der Waals surface area contributed by atoms with Crippen LogP contribution in [0.4, 0.5) is 33.9 Å². The summed E-state index contributed by atoms with van der Waals surface area (Å²) in [5.41, 5.74) is -0.794. The Balaban J connectivity index is 1.95. The maximum Gasteiger partial charge on any atom is 0.493 e. The number of piperazine rings is 1. The number of halogens is 5. The molecule has 1 fully saturated rings. The van der Waals surface area contributed by atoms with Gasteiger partial charge in [-0.25, -0.2) is 19.0 Å². The zero-order chi connectivity index (χ0) is 24.2. The number of rotatable bonds is 3. The van der Waals surface area contributed by atoms with Gasteiger partial charge in [0.1, 0.15) is 5.82 Å². The van der Waals surface area contributed by atoms with Crippen molar-refractivity contribution in [3.8, 4) is 0 Å². The Morgan fingerprint density at radius 2 is 1.85 bits per heavy atom. The van der Waals surface area contributed by atoms with E-state index in [-0.39, 0.29) is 15.8 Å². The summed E-state index contributed by atoms with van der Waals surface area (Å²) >= 11 is 5.71. The molecule has 0 aliphatic carbocycles. The van der Waals surface area contributed by atoms with Crippen LogP contribution in [0.2, 0.25) is 5.02 Å². The highest BCUT2D eigenvalue weighted by atomic mass is 35.5. The predicted octanol–water partition coefficient (Wildman–Crippen LogP) is 2.98. The highest BCUT2D eigenvalue weighted by Crippen LogP contribution is 2.26. The van der Waals surface area contributed by atoms with Crippen molar-refractivity contribution in [1.29, 1.82) is 0 Å². The summed E-state index contributed by atoms with van der Waals surface area (Å²) < 4.78 is 52.3. The van der Waals surface area contributed by atoms with Crippen molar-refractivity contribution in [3.05, 3.63) is 52.9 Å². The molecular weight excluding hydrogens is 474 g/mol. The molecule has 0 atom stereocenters. The van der Waals surface area contributed by atoms with E-state index in [0.717, 1.165) is 24.4 Å². The Morgan fingerprint density at radius 1 is 1.15 bits per heavy atom. The first-order chi connectivity index (χ1) is 15.6. The second kappa shape index (κ2) is 10.0. The molecule has 9 nitrogen and oxygen atoms in total. The van der Waals surface area contributed by atoms with E-state index in [9.17, 15) is 31.9 Å². The van der Waals surface area contributed by atoms with Crippen LogP contribution in [0, 0.1) is 5.82 Å². The molecule has 1 aromatic heterocycles. The van der Waals surface area contributed by atoms with Crippen molar-refractivity contribution in [2.45, 2.75) is 6.18 Å². The third-order valence-electron chi connectivity index (χ3n) is 4.37. The number of aromatic nitrogens is 1. The molecule has 176 valence electrons. The lowest BCUT2D eigenvalue weighted by molar-refractivity contribution is -0.200. The van der Waals surface area contributed by atoms with Crippen LogP contribution in [0.25, 0.3) is 0 Å². The number of alkyl halides is 3. The van der Waals surface area contributed by atoms with E-state index in [1.54, 1.807) is 0 Å². The monoisotopic (exact) mass is 489 g/mol. The van der Waals surface area contributed by atoms with Gasteiger partial charge in [0.05, 0.1) is 16.3 Å². The SMILES string of the molecule is O=C(Nc1ccc(F)cc1C(=O)N(OC(=O)C(F)(F)F)c1ccc(Cl)cn1)N1CCNCC1. The van der Waals surface area contributed by atoms with Crippen LogP contribution in [0.5, 0.6) is 0 Å². The molecule has 1 aliphatic rings. The van der Waals surface area contributed by atoms with Crippen LogP contribution in [0.1, 0.15) is 10.4 Å². The minimum Gasteiger partial charge on any atom is -0.323 e. The van der Waals surface area contributed by atoms with Gasteiger partial charge in [0.15, 0.2) is 5.82 Å². The first-order valence-electron chi connectivity index (χ1n) is 9.37. The van der Waals surface area contributed by atoms with Crippen molar-refractivity contribution in [2.75, 3.05) is 36.6 Å². The van der Waals surface area contributed by atoms with Gasteiger partial charge in [0.25, 0.3) is 5.91 Å². The fraction of sp³-hybridized carbons (Fsp3) is 0.263. The third kappa shape index (κ3) is 6.08. The van der Waals surface area contributed by atoms with Gasteiger partial charge in [0, 0.05) is 32.4 Å². The molecule has 0 saturated carbocycles. The van der Waals surface area contributed by atoms with Crippen LogP contribution in [-0.2, 0) is 9.63 Å². The lowest BCUT2D eigenvalue weighted by Gasteiger charge is -2.28. The van der Waals surface area contributed by atoms with Crippen LogP contribution < -0.4 is 15.7 Å². The average molecular weight is 490 g/mol. The summed E-state index contributed by atoms with van der Waals surface area (Å²) in [5, 5.41) is 5.51. The zero-order valence-corrected chi connectivity index (χ0v) is 17.4. The van der Waals surface area contributed by atoms with E-state index in [2.05, 4.69) is 20.5 Å².